The number of pyridine rings is 1. The van der Waals surface area contributed by atoms with Gasteiger partial charge in [-0.05, 0) is 19.9 Å². The van der Waals surface area contributed by atoms with Crippen molar-refractivity contribution in [2.45, 2.75) is 32.5 Å². The number of hydrogen-bond acceptors (Lipinski definition) is 4. The maximum Gasteiger partial charge on any atom is 0.0723 e. The SMILES string of the molecule is CC1CN(c2c(CN)cnc3ccccc23)C(C)CO1. The second-order valence-electron chi connectivity index (χ2n) is 5.50. The van der Waals surface area contributed by atoms with Crippen LogP contribution >= 0.6 is 0 Å². The molecule has 3 rings (SSSR count). The minimum Gasteiger partial charge on any atom is -0.375 e. The molecule has 1 aromatic carbocycles. The number of anilines is 1. The number of hydrogen-bond donors (Lipinski definition) is 1. The summed E-state index contributed by atoms with van der Waals surface area (Å²) in [7, 11) is 0. The molecule has 1 aliphatic heterocycles. The topological polar surface area (TPSA) is 51.4 Å². The lowest BCUT2D eigenvalue weighted by molar-refractivity contribution is 0.0344. The van der Waals surface area contributed by atoms with E-state index in [2.05, 4.69) is 35.9 Å². The van der Waals surface area contributed by atoms with Crippen molar-refractivity contribution in [3.8, 4) is 0 Å². The van der Waals surface area contributed by atoms with Crippen LogP contribution in [0, 0.1) is 0 Å². The molecule has 106 valence electrons. The van der Waals surface area contributed by atoms with E-state index in [4.69, 9.17) is 10.5 Å². The van der Waals surface area contributed by atoms with Gasteiger partial charge < -0.3 is 15.4 Å². The minimum atomic E-state index is 0.240. The Kier molecular flexibility index (Phi) is 3.59. The lowest BCUT2D eigenvalue weighted by Gasteiger charge is -2.40. The van der Waals surface area contributed by atoms with Crippen LogP contribution in [0.25, 0.3) is 10.9 Å². The predicted molar refractivity (Wildman–Crippen MR) is 81.9 cm³/mol. The molecule has 1 aliphatic rings. The molecule has 2 N–H and O–H groups in total. The maximum atomic E-state index is 5.93. The zero-order chi connectivity index (χ0) is 14.1. The third-order valence-electron chi connectivity index (χ3n) is 3.94. The Morgan fingerprint density at radius 3 is 2.95 bits per heavy atom. The number of nitrogens with two attached hydrogens (primary N) is 1. The predicted octanol–water partition coefficient (Wildman–Crippen LogP) is 2.31. The Morgan fingerprint density at radius 2 is 2.15 bits per heavy atom. The molecule has 20 heavy (non-hydrogen) atoms. The van der Waals surface area contributed by atoms with Crippen LogP contribution in [-0.2, 0) is 11.3 Å². The van der Waals surface area contributed by atoms with E-state index in [9.17, 15) is 0 Å². The van der Waals surface area contributed by atoms with Crippen molar-refractivity contribution in [2.75, 3.05) is 18.1 Å². The molecular weight excluding hydrogens is 250 g/mol. The Morgan fingerprint density at radius 1 is 1.35 bits per heavy atom. The molecule has 0 amide bonds. The molecule has 1 fully saturated rings. The van der Waals surface area contributed by atoms with Crippen molar-refractivity contribution in [3.05, 3.63) is 36.0 Å². The number of ether oxygens (including phenoxy) is 1. The average Bonchev–Trinajstić information content (AvgIpc) is 2.48. The lowest BCUT2D eigenvalue weighted by Crippen LogP contribution is -2.48. The van der Waals surface area contributed by atoms with Crippen LogP contribution in [0.2, 0.25) is 0 Å². The molecule has 2 heterocycles. The normalized spacial score (nSPS) is 23.2. The van der Waals surface area contributed by atoms with Gasteiger partial charge >= 0.3 is 0 Å². The summed E-state index contributed by atoms with van der Waals surface area (Å²) in [5, 5.41) is 1.18. The Balaban J connectivity index is 2.17. The molecule has 1 aromatic heterocycles. The summed E-state index contributed by atoms with van der Waals surface area (Å²) < 4.78 is 5.74. The van der Waals surface area contributed by atoms with Crippen molar-refractivity contribution >= 4 is 16.6 Å². The smallest absolute Gasteiger partial charge is 0.0723 e. The van der Waals surface area contributed by atoms with E-state index in [0.717, 1.165) is 24.2 Å². The Labute approximate surface area is 119 Å². The van der Waals surface area contributed by atoms with Crippen LogP contribution in [0.15, 0.2) is 30.5 Å². The highest BCUT2D eigenvalue weighted by Crippen LogP contribution is 2.32. The fraction of sp³-hybridized carbons (Fsp3) is 0.438. The van der Waals surface area contributed by atoms with Gasteiger partial charge in [-0.1, -0.05) is 18.2 Å². The monoisotopic (exact) mass is 271 g/mol. The van der Waals surface area contributed by atoms with E-state index >= 15 is 0 Å². The van der Waals surface area contributed by atoms with Crippen LogP contribution in [0.1, 0.15) is 19.4 Å². The van der Waals surface area contributed by atoms with Gasteiger partial charge in [0, 0.05) is 36.3 Å². The quantitative estimate of drug-likeness (QED) is 0.910. The van der Waals surface area contributed by atoms with Crippen LogP contribution in [0.3, 0.4) is 0 Å². The summed E-state index contributed by atoms with van der Waals surface area (Å²) in [6, 6.07) is 8.61. The van der Waals surface area contributed by atoms with E-state index in [0.29, 0.717) is 12.6 Å². The average molecular weight is 271 g/mol. The first-order chi connectivity index (χ1) is 9.70. The van der Waals surface area contributed by atoms with Gasteiger partial charge in [-0.15, -0.1) is 0 Å². The number of aromatic nitrogens is 1. The fourth-order valence-corrected chi connectivity index (χ4v) is 2.87. The highest BCUT2D eigenvalue weighted by molar-refractivity contribution is 5.93. The largest absolute Gasteiger partial charge is 0.375 e. The van der Waals surface area contributed by atoms with Crippen LogP contribution in [-0.4, -0.2) is 30.3 Å². The third kappa shape index (κ3) is 2.25. The molecule has 0 aliphatic carbocycles. The number of fused-ring (bicyclic) bond motifs is 1. The molecule has 0 bridgehead atoms. The second-order valence-corrected chi connectivity index (χ2v) is 5.50. The van der Waals surface area contributed by atoms with Gasteiger partial charge in [0.25, 0.3) is 0 Å². The minimum absolute atomic E-state index is 0.240. The Bertz CT molecular complexity index is 614. The van der Waals surface area contributed by atoms with Crippen molar-refractivity contribution in [1.29, 1.82) is 0 Å². The van der Waals surface area contributed by atoms with Gasteiger partial charge in [0.2, 0.25) is 0 Å². The highest BCUT2D eigenvalue weighted by atomic mass is 16.5. The maximum absolute atomic E-state index is 5.93. The summed E-state index contributed by atoms with van der Waals surface area (Å²) in [5.41, 5.74) is 9.27. The van der Waals surface area contributed by atoms with E-state index in [1.54, 1.807) is 0 Å². The summed E-state index contributed by atoms with van der Waals surface area (Å²) in [6.07, 6.45) is 2.15. The number of nitrogens with zero attached hydrogens (tertiary/aromatic N) is 2. The first-order valence-electron chi connectivity index (χ1n) is 7.15. The third-order valence-corrected chi connectivity index (χ3v) is 3.94. The van der Waals surface area contributed by atoms with Gasteiger partial charge in [-0.25, -0.2) is 0 Å². The molecule has 0 spiro atoms. The first-order valence-corrected chi connectivity index (χ1v) is 7.15. The van der Waals surface area contributed by atoms with Crippen molar-refractivity contribution in [3.63, 3.8) is 0 Å². The van der Waals surface area contributed by atoms with Gasteiger partial charge in [-0.3, -0.25) is 4.98 Å². The molecule has 4 heteroatoms. The Hall–Kier alpha value is -1.65. The summed E-state index contributed by atoms with van der Waals surface area (Å²) in [6.45, 7) is 6.46. The van der Waals surface area contributed by atoms with Crippen molar-refractivity contribution < 1.29 is 4.74 Å². The molecule has 0 saturated carbocycles. The molecule has 2 atom stereocenters. The van der Waals surface area contributed by atoms with E-state index in [-0.39, 0.29) is 6.10 Å². The van der Waals surface area contributed by atoms with E-state index in [1.807, 2.05) is 18.3 Å². The van der Waals surface area contributed by atoms with Crippen LogP contribution in [0.5, 0.6) is 0 Å². The van der Waals surface area contributed by atoms with Gasteiger partial charge in [0.1, 0.15) is 0 Å². The fourth-order valence-electron chi connectivity index (χ4n) is 2.87. The van der Waals surface area contributed by atoms with Crippen molar-refractivity contribution in [1.82, 2.24) is 4.98 Å². The molecule has 1 saturated heterocycles. The number of rotatable bonds is 2. The number of morpholine rings is 1. The van der Waals surface area contributed by atoms with Gasteiger partial charge in [0.15, 0.2) is 0 Å². The van der Waals surface area contributed by atoms with Crippen LogP contribution < -0.4 is 10.6 Å². The second kappa shape index (κ2) is 5.38. The lowest BCUT2D eigenvalue weighted by atomic mass is 10.0. The summed E-state index contributed by atoms with van der Waals surface area (Å²) in [5.74, 6) is 0. The molecule has 0 radical (unpaired) electrons. The van der Waals surface area contributed by atoms with E-state index < -0.39 is 0 Å². The zero-order valence-corrected chi connectivity index (χ0v) is 12.0. The van der Waals surface area contributed by atoms with Gasteiger partial charge in [0.05, 0.1) is 23.9 Å². The summed E-state index contributed by atoms with van der Waals surface area (Å²) in [4.78, 5) is 6.93. The van der Waals surface area contributed by atoms with Gasteiger partial charge in [-0.2, -0.15) is 0 Å². The zero-order valence-electron chi connectivity index (χ0n) is 12.0. The van der Waals surface area contributed by atoms with Crippen molar-refractivity contribution in [2.24, 2.45) is 5.73 Å². The molecular formula is C16H21N3O. The van der Waals surface area contributed by atoms with E-state index in [1.165, 1.54) is 11.1 Å². The molecule has 4 nitrogen and oxygen atoms in total. The first kappa shape index (κ1) is 13.3. The van der Waals surface area contributed by atoms with Crippen LogP contribution in [0.4, 0.5) is 5.69 Å². The molecule has 2 unspecified atom stereocenters. The summed E-state index contributed by atoms with van der Waals surface area (Å²) >= 11 is 0. The molecule has 2 aromatic rings. The highest BCUT2D eigenvalue weighted by Gasteiger charge is 2.26. The number of para-hydroxylation sites is 1. The number of benzene rings is 1. The standard InChI is InChI=1S/C16H21N3O/c1-11-10-20-12(2)9-19(11)16-13(7-17)8-18-15-6-4-3-5-14(15)16/h3-6,8,11-12H,7,9-10,17H2,1-2H3.